The summed E-state index contributed by atoms with van der Waals surface area (Å²) in [6, 6.07) is 14.1. The van der Waals surface area contributed by atoms with Crippen molar-refractivity contribution >= 4 is 39.1 Å². The Balaban J connectivity index is 1.88. The van der Waals surface area contributed by atoms with Crippen LogP contribution in [0.2, 0.25) is 5.02 Å². The van der Waals surface area contributed by atoms with E-state index in [1.807, 2.05) is 31.2 Å². The number of hydrogen-bond donors (Lipinski definition) is 1. The van der Waals surface area contributed by atoms with Gasteiger partial charge in [-0.3, -0.25) is 4.79 Å². The van der Waals surface area contributed by atoms with E-state index < -0.39 is 9.84 Å². The lowest BCUT2D eigenvalue weighted by atomic mass is 10.0. The predicted octanol–water partition coefficient (Wildman–Crippen LogP) is 4.49. The van der Waals surface area contributed by atoms with E-state index in [0.29, 0.717) is 17.2 Å². The molecule has 1 amide bonds. The molecule has 0 bridgehead atoms. The van der Waals surface area contributed by atoms with Crippen molar-refractivity contribution in [2.45, 2.75) is 35.6 Å². The number of benzene rings is 2. The van der Waals surface area contributed by atoms with Gasteiger partial charge < -0.3 is 5.32 Å². The Morgan fingerprint density at radius 3 is 2.27 bits per heavy atom. The highest BCUT2D eigenvalue weighted by Gasteiger charge is 2.14. The van der Waals surface area contributed by atoms with Gasteiger partial charge in [-0.2, -0.15) is 0 Å². The minimum Gasteiger partial charge on any atom is -0.349 e. The zero-order valence-electron chi connectivity index (χ0n) is 14.7. The quantitative estimate of drug-likeness (QED) is 0.650. The zero-order chi connectivity index (χ0) is 19.2. The number of carbonyl (C=O) groups excluding carboxylic acids is 1. The number of thioether (sulfide) groups is 1. The van der Waals surface area contributed by atoms with E-state index in [-0.39, 0.29) is 16.8 Å². The van der Waals surface area contributed by atoms with E-state index in [0.717, 1.165) is 16.9 Å². The van der Waals surface area contributed by atoms with Crippen molar-refractivity contribution in [2.24, 2.45) is 0 Å². The van der Waals surface area contributed by atoms with Crippen molar-refractivity contribution in [3.05, 3.63) is 59.1 Å². The number of sulfone groups is 1. The van der Waals surface area contributed by atoms with Crippen molar-refractivity contribution in [2.75, 3.05) is 12.0 Å². The second-order valence-corrected chi connectivity index (χ2v) is 9.54. The maximum Gasteiger partial charge on any atom is 0.221 e. The molecule has 2 aromatic carbocycles. The summed E-state index contributed by atoms with van der Waals surface area (Å²) in [5.41, 5.74) is 0.901. The van der Waals surface area contributed by atoms with Gasteiger partial charge in [0.1, 0.15) is 0 Å². The highest BCUT2D eigenvalue weighted by atomic mass is 35.5. The lowest BCUT2D eigenvalue weighted by Gasteiger charge is -2.18. The Morgan fingerprint density at radius 1 is 1.12 bits per heavy atom. The molecular formula is C19H22ClNO3S2. The topological polar surface area (TPSA) is 63.2 Å². The van der Waals surface area contributed by atoms with Crippen LogP contribution in [0.3, 0.4) is 0 Å². The van der Waals surface area contributed by atoms with E-state index >= 15 is 0 Å². The van der Waals surface area contributed by atoms with Crippen LogP contribution >= 0.6 is 23.4 Å². The first-order chi connectivity index (χ1) is 12.3. The van der Waals surface area contributed by atoms with Gasteiger partial charge in [0, 0.05) is 28.3 Å². The molecule has 2 rings (SSSR count). The Bertz CT molecular complexity index is 834. The molecule has 1 unspecified atom stereocenters. The molecular weight excluding hydrogens is 390 g/mol. The number of amides is 1. The van der Waals surface area contributed by atoms with E-state index in [1.165, 1.54) is 6.26 Å². The molecule has 7 heteroatoms. The molecule has 0 aliphatic rings. The Hall–Kier alpha value is -1.50. The molecule has 0 aliphatic heterocycles. The smallest absolute Gasteiger partial charge is 0.221 e. The summed E-state index contributed by atoms with van der Waals surface area (Å²) in [5.74, 6) is 0.655. The molecule has 2 aromatic rings. The first-order valence-corrected chi connectivity index (χ1v) is 11.5. The van der Waals surface area contributed by atoms with Crippen molar-refractivity contribution in [1.29, 1.82) is 0 Å². The zero-order valence-corrected chi connectivity index (χ0v) is 17.1. The Kier molecular flexibility index (Phi) is 7.55. The van der Waals surface area contributed by atoms with Crippen LogP contribution in [-0.4, -0.2) is 26.3 Å². The lowest BCUT2D eigenvalue weighted by molar-refractivity contribution is -0.121. The normalized spacial score (nSPS) is 12.6. The summed E-state index contributed by atoms with van der Waals surface area (Å²) < 4.78 is 23.1. The van der Waals surface area contributed by atoms with Crippen LogP contribution in [0.5, 0.6) is 0 Å². The van der Waals surface area contributed by atoms with Gasteiger partial charge in [0.05, 0.1) is 10.9 Å². The van der Waals surface area contributed by atoms with Gasteiger partial charge in [0.25, 0.3) is 0 Å². The summed E-state index contributed by atoms with van der Waals surface area (Å²) >= 11 is 7.46. The summed E-state index contributed by atoms with van der Waals surface area (Å²) in [6.45, 7) is 1.98. The van der Waals surface area contributed by atoms with Crippen LogP contribution in [0, 0.1) is 0 Å². The van der Waals surface area contributed by atoms with Crippen molar-refractivity contribution in [1.82, 2.24) is 5.32 Å². The molecule has 0 aromatic heterocycles. The van der Waals surface area contributed by atoms with Crippen LogP contribution in [0.1, 0.15) is 31.4 Å². The number of carbonyl (C=O) groups is 1. The maximum absolute atomic E-state index is 12.2. The van der Waals surface area contributed by atoms with Gasteiger partial charge >= 0.3 is 0 Å². The van der Waals surface area contributed by atoms with E-state index in [9.17, 15) is 13.2 Å². The van der Waals surface area contributed by atoms with Crippen LogP contribution in [-0.2, 0) is 14.6 Å². The molecule has 0 fully saturated rings. The van der Waals surface area contributed by atoms with Gasteiger partial charge in [0.2, 0.25) is 5.91 Å². The van der Waals surface area contributed by atoms with E-state index in [4.69, 9.17) is 11.6 Å². The lowest BCUT2D eigenvalue weighted by Crippen LogP contribution is -2.28. The molecule has 1 N–H and O–H groups in total. The minimum absolute atomic E-state index is 0.0227. The summed E-state index contributed by atoms with van der Waals surface area (Å²) in [7, 11) is -3.21. The summed E-state index contributed by atoms with van der Waals surface area (Å²) in [6.07, 6.45) is 2.32. The third-order valence-corrected chi connectivity index (χ3v) is 6.26. The monoisotopic (exact) mass is 411 g/mol. The predicted molar refractivity (Wildman–Crippen MR) is 108 cm³/mol. The van der Waals surface area contributed by atoms with E-state index in [1.54, 1.807) is 36.0 Å². The maximum atomic E-state index is 12.2. The molecule has 1 atom stereocenters. The number of hydrogen-bond acceptors (Lipinski definition) is 4. The number of rotatable bonds is 8. The van der Waals surface area contributed by atoms with Gasteiger partial charge in [-0.25, -0.2) is 8.42 Å². The van der Waals surface area contributed by atoms with Crippen LogP contribution in [0.4, 0.5) is 0 Å². The summed E-state index contributed by atoms with van der Waals surface area (Å²) in [4.78, 5) is 13.6. The van der Waals surface area contributed by atoms with Crippen molar-refractivity contribution < 1.29 is 13.2 Å². The fourth-order valence-electron chi connectivity index (χ4n) is 2.43. The number of halogens is 1. The molecule has 0 saturated carbocycles. The van der Waals surface area contributed by atoms with Gasteiger partial charge in [-0.15, -0.1) is 11.8 Å². The van der Waals surface area contributed by atoms with Crippen LogP contribution in [0.15, 0.2) is 58.3 Å². The molecule has 0 aliphatic carbocycles. The largest absolute Gasteiger partial charge is 0.349 e. The van der Waals surface area contributed by atoms with Crippen LogP contribution in [0.25, 0.3) is 0 Å². The van der Waals surface area contributed by atoms with Crippen molar-refractivity contribution in [3.63, 3.8) is 0 Å². The SMILES string of the molecule is CCC(NC(=O)CCSc1ccc(Cl)cc1)c1ccc(S(C)(=O)=O)cc1. The van der Waals surface area contributed by atoms with Gasteiger partial charge in [-0.05, 0) is 48.4 Å². The van der Waals surface area contributed by atoms with Gasteiger partial charge in [0.15, 0.2) is 9.84 Å². The third kappa shape index (κ3) is 6.34. The molecule has 0 radical (unpaired) electrons. The summed E-state index contributed by atoms with van der Waals surface area (Å²) in [5, 5.41) is 3.71. The Morgan fingerprint density at radius 2 is 1.73 bits per heavy atom. The first kappa shape index (κ1) is 20.8. The average molecular weight is 412 g/mol. The average Bonchev–Trinajstić information content (AvgIpc) is 2.61. The second-order valence-electron chi connectivity index (χ2n) is 5.92. The molecule has 26 heavy (non-hydrogen) atoms. The first-order valence-electron chi connectivity index (χ1n) is 8.27. The highest BCUT2D eigenvalue weighted by molar-refractivity contribution is 7.99. The van der Waals surface area contributed by atoms with E-state index in [2.05, 4.69) is 5.32 Å². The molecule has 0 heterocycles. The molecule has 4 nitrogen and oxygen atoms in total. The van der Waals surface area contributed by atoms with Gasteiger partial charge in [-0.1, -0.05) is 30.7 Å². The van der Waals surface area contributed by atoms with Crippen molar-refractivity contribution in [3.8, 4) is 0 Å². The molecule has 140 valence electrons. The molecule has 0 saturated heterocycles. The number of nitrogens with one attached hydrogen (secondary N) is 1. The minimum atomic E-state index is -3.21. The fraction of sp³-hybridized carbons (Fsp3) is 0.316. The second kappa shape index (κ2) is 9.44. The fourth-order valence-corrected chi connectivity index (χ4v) is 4.04. The van der Waals surface area contributed by atoms with Crippen LogP contribution < -0.4 is 5.32 Å². The third-order valence-electron chi connectivity index (χ3n) is 3.87. The Labute approximate surface area is 164 Å². The highest BCUT2D eigenvalue weighted by Crippen LogP contribution is 2.22. The standard InChI is InChI=1S/C19H22ClNO3S2/c1-3-18(14-4-10-17(11-5-14)26(2,23)24)21-19(22)12-13-25-16-8-6-15(20)7-9-16/h4-11,18H,3,12-13H2,1-2H3,(H,21,22). The molecule has 0 spiro atoms.